The van der Waals surface area contributed by atoms with Crippen molar-refractivity contribution >= 4 is 17.5 Å². The van der Waals surface area contributed by atoms with Gasteiger partial charge in [0.05, 0.1) is 23.5 Å². The second kappa shape index (κ2) is 8.74. The molecule has 184 valence electrons. The fraction of sp³-hybridized carbons (Fsp3) is 0.478. The molecule has 11 nitrogen and oxygen atoms in total. The Hall–Kier alpha value is -3.85. The van der Waals surface area contributed by atoms with Crippen LogP contribution in [0.15, 0.2) is 29.2 Å². The van der Waals surface area contributed by atoms with Crippen molar-refractivity contribution in [3.8, 4) is 11.8 Å². The quantitative estimate of drug-likeness (QED) is 0.566. The van der Waals surface area contributed by atoms with Crippen molar-refractivity contribution in [2.75, 3.05) is 17.7 Å². The summed E-state index contributed by atoms with van der Waals surface area (Å²) in [4.78, 5) is 23.0. The Morgan fingerprint density at radius 3 is 2.40 bits per heavy atom. The summed E-state index contributed by atoms with van der Waals surface area (Å²) in [6.45, 7) is 8.70. The summed E-state index contributed by atoms with van der Waals surface area (Å²) in [6.07, 6.45) is 2.74. The number of benzene rings is 1. The molecular weight excluding hydrogens is 451 g/mol. The molecule has 1 fully saturated rings. The zero-order valence-corrected chi connectivity index (χ0v) is 20.7. The predicted octanol–water partition coefficient (Wildman–Crippen LogP) is 2.57. The Morgan fingerprint density at radius 1 is 1.11 bits per heavy atom. The number of nitrogens with one attached hydrogen (secondary N) is 2. The van der Waals surface area contributed by atoms with Gasteiger partial charge in [0.2, 0.25) is 5.95 Å². The van der Waals surface area contributed by atoms with Crippen LogP contribution >= 0.6 is 0 Å². The van der Waals surface area contributed by atoms with E-state index >= 15 is 0 Å². The second-order valence-corrected chi connectivity index (χ2v) is 10.1. The van der Waals surface area contributed by atoms with Crippen molar-refractivity contribution in [3.05, 3.63) is 46.3 Å². The van der Waals surface area contributed by atoms with E-state index in [1.165, 1.54) is 13.1 Å². The average Bonchev–Trinajstić information content (AvgIpc) is 3.12. The molecular formula is C23H29FN10O. The summed E-state index contributed by atoms with van der Waals surface area (Å²) in [5.74, 6) is -0.305. The van der Waals surface area contributed by atoms with Crippen LogP contribution in [0.4, 0.5) is 21.8 Å². The van der Waals surface area contributed by atoms with E-state index in [1.54, 1.807) is 12.1 Å². The van der Waals surface area contributed by atoms with E-state index in [0.717, 1.165) is 28.4 Å². The molecule has 0 unspecified atom stereocenters. The number of rotatable bonds is 5. The van der Waals surface area contributed by atoms with Crippen molar-refractivity contribution in [1.29, 1.82) is 5.26 Å². The molecule has 2 N–H and O–H groups in total. The predicted molar refractivity (Wildman–Crippen MR) is 129 cm³/mol. The van der Waals surface area contributed by atoms with E-state index in [0.29, 0.717) is 16.9 Å². The van der Waals surface area contributed by atoms with Crippen LogP contribution in [0.3, 0.4) is 0 Å². The Balaban J connectivity index is 1.60. The summed E-state index contributed by atoms with van der Waals surface area (Å²) < 4.78 is 16.8. The lowest BCUT2D eigenvalue weighted by Gasteiger charge is -2.53. The van der Waals surface area contributed by atoms with Crippen LogP contribution in [-0.2, 0) is 7.05 Å². The maximum atomic E-state index is 14.7. The number of hydrogen-bond donors (Lipinski definition) is 2. The van der Waals surface area contributed by atoms with Gasteiger partial charge in [-0.3, -0.25) is 4.90 Å². The molecule has 0 radical (unpaired) electrons. The van der Waals surface area contributed by atoms with Crippen LogP contribution in [0, 0.1) is 17.1 Å². The number of aryl methyl sites for hydroxylation is 1. The van der Waals surface area contributed by atoms with Gasteiger partial charge < -0.3 is 10.6 Å². The molecule has 3 heterocycles. The summed E-state index contributed by atoms with van der Waals surface area (Å²) >= 11 is 0. The second-order valence-electron chi connectivity index (χ2n) is 10.1. The van der Waals surface area contributed by atoms with E-state index in [1.807, 2.05) is 0 Å². The molecule has 0 spiro atoms. The Labute approximate surface area is 202 Å². The topological polar surface area (TPSA) is 130 Å². The van der Waals surface area contributed by atoms with Gasteiger partial charge in [-0.05, 0) is 76.2 Å². The molecule has 2 aromatic heterocycles. The fourth-order valence-corrected chi connectivity index (χ4v) is 4.67. The van der Waals surface area contributed by atoms with Gasteiger partial charge in [0.15, 0.2) is 11.6 Å². The lowest BCUT2D eigenvalue weighted by atomic mass is 9.77. The van der Waals surface area contributed by atoms with E-state index in [-0.39, 0.29) is 28.9 Å². The third-order valence-electron chi connectivity index (χ3n) is 6.66. The van der Waals surface area contributed by atoms with E-state index in [9.17, 15) is 14.4 Å². The van der Waals surface area contributed by atoms with Crippen LogP contribution in [0.2, 0.25) is 0 Å². The van der Waals surface area contributed by atoms with E-state index < -0.39 is 11.5 Å². The highest BCUT2D eigenvalue weighted by atomic mass is 19.1. The van der Waals surface area contributed by atoms with Crippen molar-refractivity contribution in [3.63, 3.8) is 0 Å². The normalized spacial score (nSPS) is 17.7. The zero-order valence-electron chi connectivity index (χ0n) is 20.7. The average molecular weight is 481 g/mol. The molecule has 1 saturated heterocycles. The highest BCUT2D eigenvalue weighted by molar-refractivity contribution is 5.62. The number of anilines is 3. The van der Waals surface area contributed by atoms with Gasteiger partial charge in [-0.25, -0.2) is 14.2 Å². The minimum absolute atomic E-state index is 0.0190. The summed E-state index contributed by atoms with van der Waals surface area (Å²) in [6, 6.07) is 6.78. The highest BCUT2D eigenvalue weighted by Gasteiger charge is 2.43. The van der Waals surface area contributed by atoms with Crippen LogP contribution in [0.5, 0.6) is 0 Å². The lowest BCUT2D eigenvalue weighted by molar-refractivity contribution is -0.00778. The number of likely N-dealkylation sites (tertiary alicyclic amines) is 1. The third kappa shape index (κ3) is 4.85. The molecule has 0 bridgehead atoms. The van der Waals surface area contributed by atoms with Crippen molar-refractivity contribution in [1.82, 2.24) is 34.7 Å². The lowest BCUT2D eigenvalue weighted by Crippen LogP contribution is -2.61. The molecule has 4 rings (SSSR count). The largest absolute Gasteiger partial charge is 0.368 e. The Bertz CT molecular complexity index is 1340. The minimum atomic E-state index is -0.553. The number of tetrazole rings is 1. The van der Waals surface area contributed by atoms with Gasteiger partial charge in [0.25, 0.3) is 0 Å². The number of hydrogen-bond acceptors (Lipinski definition) is 9. The number of nitriles is 1. The summed E-state index contributed by atoms with van der Waals surface area (Å²) in [7, 11) is 3.59. The van der Waals surface area contributed by atoms with Gasteiger partial charge in [-0.15, -0.1) is 0 Å². The first kappa shape index (κ1) is 24.3. The van der Waals surface area contributed by atoms with Gasteiger partial charge in [-0.2, -0.15) is 19.6 Å². The van der Waals surface area contributed by atoms with E-state index in [4.69, 9.17) is 0 Å². The van der Waals surface area contributed by atoms with Crippen LogP contribution in [-0.4, -0.2) is 58.8 Å². The SMILES string of the molecule is CN1C(C)(C)CC(Nc2nc(Nc3cc(C#N)cc(-n4nnn(C)c4=O)c3)ncc2F)CC1(C)C. The molecule has 0 amide bonds. The molecule has 0 atom stereocenters. The van der Waals surface area contributed by atoms with Gasteiger partial charge >= 0.3 is 5.69 Å². The molecule has 3 aromatic rings. The molecule has 1 aliphatic heterocycles. The minimum Gasteiger partial charge on any atom is -0.365 e. The number of nitrogens with zero attached hydrogens (tertiary/aromatic N) is 8. The van der Waals surface area contributed by atoms with Gasteiger partial charge in [-0.1, -0.05) is 0 Å². The standard InChI is InChI=1S/C23H29FN10O/c1-22(2)10-16(11-23(3,4)33(22)6)27-19-18(24)13-26-20(29-19)28-15-7-14(12-25)8-17(9-15)34-21(35)32(5)30-31-34/h7-9,13,16H,10-11H2,1-6H3,(H2,26,27,28,29). The van der Waals surface area contributed by atoms with E-state index in [2.05, 4.69) is 76.7 Å². The fourth-order valence-electron chi connectivity index (χ4n) is 4.67. The highest BCUT2D eigenvalue weighted by Crippen LogP contribution is 2.38. The van der Waals surface area contributed by atoms with Crippen molar-refractivity contribution < 1.29 is 4.39 Å². The monoisotopic (exact) mass is 480 g/mol. The first-order valence-corrected chi connectivity index (χ1v) is 11.2. The maximum absolute atomic E-state index is 14.7. The molecule has 1 aliphatic rings. The smallest absolute Gasteiger partial charge is 0.365 e. The molecule has 12 heteroatoms. The summed E-state index contributed by atoms with van der Waals surface area (Å²) in [5, 5.41) is 23.2. The maximum Gasteiger partial charge on any atom is 0.368 e. The van der Waals surface area contributed by atoms with Crippen LogP contribution < -0.4 is 16.3 Å². The Morgan fingerprint density at radius 2 is 1.80 bits per heavy atom. The number of piperidine rings is 1. The first-order valence-electron chi connectivity index (χ1n) is 11.2. The van der Waals surface area contributed by atoms with Crippen molar-refractivity contribution in [2.45, 2.75) is 57.7 Å². The third-order valence-corrected chi connectivity index (χ3v) is 6.66. The molecule has 35 heavy (non-hydrogen) atoms. The molecule has 1 aromatic carbocycles. The molecule has 0 aliphatic carbocycles. The number of aromatic nitrogens is 6. The first-order chi connectivity index (χ1) is 16.4. The van der Waals surface area contributed by atoms with Crippen LogP contribution in [0.1, 0.15) is 46.1 Å². The van der Waals surface area contributed by atoms with Gasteiger partial charge in [0, 0.05) is 29.9 Å². The Kier molecular flexibility index (Phi) is 6.06. The summed E-state index contributed by atoms with van der Waals surface area (Å²) in [5.41, 5.74) is 0.475. The zero-order chi connectivity index (χ0) is 25.5. The molecule has 0 saturated carbocycles. The van der Waals surface area contributed by atoms with Gasteiger partial charge in [0.1, 0.15) is 0 Å². The van der Waals surface area contributed by atoms with Crippen LogP contribution in [0.25, 0.3) is 5.69 Å². The number of halogens is 1. The van der Waals surface area contributed by atoms with Crippen molar-refractivity contribution in [2.24, 2.45) is 7.05 Å².